The minimum absolute atomic E-state index is 0.299. The molecule has 112 valence electrons. The zero-order valence-corrected chi connectivity index (χ0v) is 11.6. The summed E-state index contributed by atoms with van der Waals surface area (Å²) in [6.45, 7) is 4.08. The van der Waals surface area contributed by atoms with E-state index in [-0.39, 0.29) is 0 Å². The van der Waals surface area contributed by atoms with Crippen molar-refractivity contribution < 1.29 is 22.7 Å². The molecule has 1 atom stereocenters. The molecule has 0 spiro atoms. The van der Waals surface area contributed by atoms with E-state index < -0.39 is 24.7 Å². The van der Waals surface area contributed by atoms with Crippen LogP contribution in [0.5, 0.6) is 5.75 Å². The van der Waals surface area contributed by atoms with Crippen molar-refractivity contribution in [3.8, 4) is 5.75 Å². The third-order valence-electron chi connectivity index (χ3n) is 2.67. The Kier molecular flexibility index (Phi) is 5.42. The number of alkyl halides is 3. The van der Waals surface area contributed by atoms with Gasteiger partial charge in [-0.15, -0.1) is 0 Å². The van der Waals surface area contributed by atoms with E-state index >= 15 is 0 Å². The average Bonchev–Trinajstić information content (AvgIpc) is 2.35. The van der Waals surface area contributed by atoms with E-state index in [4.69, 9.17) is 4.74 Å². The van der Waals surface area contributed by atoms with Crippen LogP contribution in [-0.2, 0) is 4.79 Å². The summed E-state index contributed by atoms with van der Waals surface area (Å²) in [5, 5.41) is 1.79. The summed E-state index contributed by atoms with van der Waals surface area (Å²) in [5.41, 5.74) is 1.03. The first kappa shape index (κ1) is 16.3. The Balaban J connectivity index is 2.59. The molecule has 1 unspecified atom stereocenters. The second kappa shape index (κ2) is 6.63. The van der Waals surface area contributed by atoms with Crippen molar-refractivity contribution >= 4 is 5.91 Å². The van der Waals surface area contributed by atoms with Crippen LogP contribution in [0.4, 0.5) is 13.2 Å². The van der Waals surface area contributed by atoms with E-state index in [1.165, 1.54) is 6.92 Å². The second-order valence-corrected chi connectivity index (χ2v) is 4.82. The lowest BCUT2D eigenvalue weighted by atomic mass is 10.0. The summed E-state index contributed by atoms with van der Waals surface area (Å²) in [6, 6.07) is 7.15. The van der Waals surface area contributed by atoms with Crippen LogP contribution >= 0.6 is 0 Å². The molecule has 0 aliphatic heterocycles. The first-order chi connectivity index (χ1) is 9.19. The molecule has 1 aromatic carbocycles. The third-order valence-corrected chi connectivity index (χ3v) is 2.67. The lowest BCUT2D eigenvalue weighted by Crippen LogP contribution is -2.41. The van der Waals surface area contributed by atoms with Crippen LogP contribution in [0.15, 0.2) is 24.3 Å². The van der Waals surface area contributed by atoms with Gasteiger partial charge in [0.15, 0.2) is 6.10 Å². The fourth-order valence-electron chi connectivity index (χ4n) is 1.54. The molecule has 1 amide bonds. The molecule has 0 aromatic heterocycles. The maximum absolute atomic E-state index is 12.0. The molecule has 6 heteroatoms. The van der Waals surface area contributed by atoms with Gasteiger partial charge in [0, 0.05) is 0 Å². The Morgan fingerprint density at radius 1 is 1.30 bits per heavy atom. The number of hydrogen-bond acceptors (Lipinski definition) is 2. The lowest BCUT2D eigenvalue weighted by molar-refractivity contribution is -0.142. The third kappa shape index (κ3) is 5.50. The predicted molar refractivity (Wildman–Crippen MR) is 69.7 cm³/mol. The second-order valence-electron chi connectivity index (χ2n) is 4.82. The number of nitrogens with one attached hydrogen (secondary N) is 1. The van der Waals surface area contributed by atoms with Crippen LogP contribution in [0.1, 0.15) is 32.3 Å². The molecule has 0 saturated heterocycles. The first-order valence-corrected chi connectivity index (χ1v) is 6.30. The molecular weight excluding hydrogens is 271 g/mol. The highest BCUT2D eigenvalue weighted by atomic mass is 19.4. The standard InChI is InChI=1S/C14H18F3NO2/c1-9(2)11-5-4-6-12(7-11)20-10(3)13(19)18-8-14(15,16)17/h4-7,9-10H,8H2,1-3H3,(H,18,19). The molecule has 1 rings (SSSR count). The molecule has 0 bridgehead atoms. The van der Waals surface area contributed by atoms with Gasteiger partial charge >= 0.3 is 6.18 Å². The molecule has 20 heavy (non-hydrogen) atoms. The molecule has 1 N–H and O–H groups in total. The van der Waals surface area contributed by atoms with Gasteiger partial charge in [0.2, 0.25) is 0 Å². The molecule has 0 fully saturated rings. The maximum atomic E-state index is 12.0. The van der Waals surface area contributed by atoms with Crippen molar-refractivity contribution in [2.45, 2.75) is 39.0 Å². The molecule has 0 aliphatic carbocycles. The number of hydrogen-bond donors (Lipinski definition) is 1. The summed E-state index contributed by atoms with van der Waals surface area (Å²) < 4.78 is 41.3. The minimum atomic E-state index is -4.42. The fraction of sp³-hybridized carbons (Fsp3) is 0.500. The number of carbonyl (C=O) groups is 1. The quantitative estimate of drug-likeness (QED) is 0.903. The monoisotopic (exact) mass is 289 g/mol. The normalized spacial score (nSPS) is 13.2. The largest absolute Gasteiger partial charge is 0.481 e. The Bertz CT molecular complexity index is 458. The van der Waals surface area contributed by atoms with Gasteiger partial charge in [-0.2, -0.15) is 13.2 Å². The topological polar surface area (TPSA) is 38.3 Å². The SMILES string of the molecule is CC(Oc1cccc(C(C)C)c1)C(=O)NCC(F)(F)F. The van der Waals surface area contributed by atoms with E-state index in [1.807, 2.05) is 19.9 Å². The van der Waals surface area contributed by atoms with E-state index in [0.717, 1.165) is 5.56 Å². The van der Waals surface area contributed by atoms with Crippen LogP contribution in [0.25, 0.3) is 0 Å². The van der Waals surface area contributed by atoms with Crippen molar-refractivity contribution in [3.05, 3.63) is 29.8 Å². The zero-order chi connectivity index (χ0) is 15.3. The average molecular weight is 289 g/mol. The predicted octanol–water partition coefficient (Wildman–Crippen LogP) is 3.26. The molecule has 0 aliphatic rings. The number of amides is 1. The van der Waals surface area contributed by atoms with E-state index in [1.54, 1.807) is 23.5 Å². The first-order valence-electron chi connectivity index (χ1n) is 6.30. The zero-order valence-electron chi connectivity index (χ0n) is 11.6. The lowest BCUT2D eigenvalue weighted by Gasteiger charge is -2.16. The van der Waals surface area contributed by atoms with Crippen molar-refractivity contribution in [2.75, 3.05) is 6.54 Å². The van der Waals surface area contributed by atoms with Gasteiger partial charge in [-0.3, -0.25) is 4.79 Å². The van der Waals surface area contributed by atoms with Gasteiger partial charge in [0.1, 0.15) is 12.3 Å². The van der Waals surface area contributed by atoms with E-state index in [0.29, 0.717) is 11.7 Å². The molecule has 1 aromatic rings. The van der Waals surface area contributed by atoms with Crippen LogP contribution in [0, 0.1) is 0 Å². The maximum Gasteiger partial charge on any atom is 0.405 e. The van der Waals surface area contributed by atoms with Gasteiger partial charge in [0.25, 0.3) is 5.91 Å². The van der Waals surface area contributed by atoms with Gasteiger partial charge in [0.05, 0.1) is 0 Å². The molecule has 0 saturated carbocycles. The highest BCUT2D eigenvalue weighted by Gasteiger charge is 2.29. The van der Waals surface area contributed by atoms with Crippen LogP contribution in [0.2, 0.25) is 0 Å². The van der Waals surface area contributed by atoms with Crippen molar-refractivity contribution in [2.24, 2.45) is 0 Å². The van der Waals surface area contributed by atoms with Gasteiger partial charge < -0.3 is 10.1 Å². The highest BCUT2D eigenvalue weighted by molar-refractivity contribution is 5.80. The summed E-state index contributed by atoms with van der Waals surface area (Å²) in [5.74, 6) is -0.0314. The highest BCUT2D eigenvalue weighted by Crippen LogP contribution is 2.21. The van der Waals surface area contributed by atoms with E-state index in [2.05, 4.69) is 0 Å². The summed E-state index contributed by atoms with van der Waals surface area (Å²) in [4.78, 5) is 11.5. The number of halogens is 3. The molecule has 0 radical (unpaired) electrons. The van der Waals surface area contributed by atoms with Gasteiger partial charge in [-0.1, -0.05) is 26.0 Å². The molecule has 3 nitrogen and oxygen atoms in total. The number of benzene rings is 1. The summed E-state index contributed by atoms with van der Waals surface area (Å²) >= 11 is 0. The Labute approximate surface area is 116 Å². The molecular formula is C14H18F3NO2. The van der Waals surface area contributed by atoms with Crippen molar-refractivity contribution in [1.29, 1.82) is 0 Å². The van der Waals surface area contributed by atoms with Crippen LogP contribution < -0.4 is 10.1 Å². The summed E-state index contributed by atoms with van der Waals surface area (Å²) in [6.07, 6.45) is -5.41. The van der Waals surface area contributed by atoms with Crippen molar-refractivity contribution in [1.82, 2.24) is 5.32 Å². The van der Waals surface area contributed by atoms with Gasteiger partial charge in [-0.05, 0) is 30.5 Å². The number of carbonyl (C=O) groups excluding carboxylic acids is 1. The summed E-state index contributed by atoms with van der Waals surface area (Å²) in [7, 11) is 0. The van der Waals surface area contributed by atoms with Crippen LogP contribution in [-0.4, -0.2) is 24.7 Å². The Morgan fingerprint density at radius 2 is 1.95 bits per heavy atom. The van der Waals surface area contributed by atoms with Crippen LogP contribution in [0.3, 0.4) is 0 Å². The Hall–Kier alpha value is -1.72. The fourth-order valence-corrected chi connectivity index (χ4v) is 1.54. The smallest absolute Gasteiger partial charge is 0.405 e. The number of ether oxygens (including phenoxy) is 1. The van der Waals surface area contributed by atoms with Crippen molar-refractivity contribution in [3.63, 3.8) is 0 Å². The molecule has 0 heterocycles. The minimum Gasteiger partial charge on any atom is -0.481 e. The number of rotatable bonds is 5. The van der Waals surface area contributed by atoms with E-state index in [9.17, 15) is 18.0 Å². The Morgan fingerprint density at radius 3 is 2.50 bits per heavy atom. The van der Waals surface area contributed by atoms with Gasteiger partial charge in [-0.25, -0.2) is 0 Å².